The van der Waals surface area contributed by atoms with Crippen LogP contribution in [0, 0.1) is 6.92 Å². The second-order valence-electron chi connectivity index (χ2n) is 3.64. The summed E-state index contributed by atoms with van der Waals surface area (Å²) in [6, 6.07) is 7.73. The SMILES string of the molecule is COc1ccc(C)cc1-c1cc(CO)[nH]n1. The lowest BCUT2D eigenvalue weighted by Gasteiger charge is -2.06. The van der Waals surface area contributed by atoms with Gasteiger partial charge in [-0.3, -0.25) is 5.10 Å². The van der Waals surface area contributed by atoms with Crippen LogP contribution in [0.15, 0.2) is 24.3 Å². The van der Waals surface area contributed by atoms with E-state index in [2.05, 4.69) is 10.2 Å². The molecule has 0 fully saturated rings. The molecule has 0 saturated heterocycles. The van der Waals surface area contributed by atoms with Gasteiger partial charge < -0.3 is 9.84 Å². The molecule has 0 aliphatic heterocycles. The predicted octanol–water partition coefficient (Wildman–Crippen LogP) is 1.89. The normalized spacial score (nSPS) is 10.4. The van der Waals surface area contributed by atoms with E-state index >= 15 is 0 Å². The summed E-state index contributed by atoms with van der Waals surface area (Å²) in [7, 11) is 1.63. The summed E-state index contributed by atoms with van der Waals surface area (Å²) >= 11 is 0. The van der Waals surface area contributed by atoms with Crippen LogP contribution in [0.25, 0.3) is 11.3 Å². The van der Waals surface area contributed by atoms with E-state index in [4.69, 9.17) is 9.84 Å². The molecule has 0 aliphatic rings. The molecule has 0 amide bonds. The van der Waals surface area contributed by atoms with E-state index in [1.807, 2.05) is 31.2 Å². The number of rotatable bonds is 3. The quantitative estimate of drug-likeness (QED) is 0.827. The number of hydrogen-bond donors (Lipinski definition) is 2. The zero-order valence-electron chi connectivity index (χ0n) is 9.32. The first-order valence-corrected chi connectivity index (χ1v) is 5.04. The molecule has 2 aromatic rings. The van der Waals surface area contributed by atoms with Crippen LogP contribution < -0.4 is 4.74 Å². The van der Waals surface area contributed by atoms with Gasteiger partial charge in [0.15, 0.2) is 0 Å². The van der Waals surface area contributed by atoms with Crippen molar-refractivity contribution in [1.29, 1.82) is 0 Å². The Kier molecular flexibility index (Phi) is 2.92. The first kappa shape index (κ1) is 10.7. The number of aliphatic hydroxyl groups is 1. The van der Waals surface area contributed by atoms with E-state index in [-0.39, 0.29) is 6.61 Å². The summed E-state index contributed by atoms with van der Waals surface area (Å²) in [5.41, 5.74) is 3.55. The lowest BCUT2D eigenvalue weighted by atomic mass is 10.1. The monoisotopic (exact) mass is 218 g/mol. The molecule has 1 heterocycles. The molecule has 0 aliphatic carbocycles. The molecule has 0 spiro atoms. The van der Waals surface area contributed by atoms with E-state index in [0.717, 1.165) is 22.6 Å². The molecule has 84 valence electrons. The molecule has 0 bridgehead atoms. The number of ether oxygens (including phenoxy) is 1. The molecule has 1 aromatic heterocycles. The summed E-state index contributed by atoms with van der Waals surface area (Å²) in [5, 5.41) is 15.9. The highest BCUT2D eigenvalue weighted by Crippen LogP contribution is 2.29. The smallest absolute Gasteiger partial charge is 0.128 e. The van der Waals surface area contributed by atoms with Crippen molar-refractivity contribution < 1.29 is 9.84 Å². The summed E-state index contributed by atoms with van der Waals surface area (Å²) in [6.45, 7) is 1.98. The maximum Gasteiger partial charge on any atom is 0.128 e. The van der Waals surface area contributed by atoms with E-state index < -0.39 is 0 Å². The van der Waals surface area contributed by atoms with Crippen molar-refractivity contribution in [3.63, 3.8) is 0 Å². The zero-order chi connectivity index (χ0) is 11.5. The highest BCUT2D eigenvalue weighted by atomic mass is 16.5. The Morgan fingerprint density at radius 2 is 2.19 bits per heavy atom. The predicted molar refractivity (Wildman–Crippen MR) is 61.2 cm³/mol. The number of H-pyrrole nitrogens is 1. The lowest BCUT2D eigenvalue weighted by molar-refractivity contribution is 0.276. The van der Waals surface area contributed by atoms with Gasteiger partial charge in [0.1, 0.15) is 5.75 Å². The number of methoxy groups -OCH3 is 1. The van der Waals surface area contributed by atoms with Gasteiger partial charge in [-0.15, -0.1) is 0 Å². The number of aryl methyl sites for hydroxylation is 1. The van der Waals surface area contributed by atoms with Crippen LogP contribution in [0.2, 0.25) is 0 Å². The number of nitrogens with zero attached hydrogens (tertiary/aromatic N) is 1. The topological polar surface area (TPSA) is 58.1 Å². The second-order valence-corrected chi connectivity index (χ2v) is 3.64. The van der Waals surface area contributed by atoms with Crippen LogP contribution in [-0.4, -0.2) is 22.4 Å². The Bertz CT molecular complexity index is 492. The first-order chi connectivity index (χ1) is 7.74. The Labute approximate surface area is 93.9 Å². The third-order valence-corrected chi connectivity index (χ3v) is 2.43. The van der Waals surface area contributed by atoms with Crippen molar-refractivity contribution in [2.75, 3.05) is 7.11 Å². The molecule has 0 unspecified atom stereocenters. The summed E-state index contributed by atoms with van der Waals surface area (Å²) in [6.07, 6.45) is 0. The van der Waals surface area contributed by atoms with Crippen LogP contribution in [0.3, 0.4) is 0 Å². The zero-order valence-corrected chi connectivity index (χ0v) is 9.32. The van der Waals surface area contributed by atoms with E-state index in [9.17, 15) is 0 Å². The van der Waals surface area contributed by atoms with Gasteiger partial charge in [0.25, 0.3) is 0 Å². The molecule has 1 aromatic carbocycles. The minimum Gasteiger partial charge on any atom is -0.496 e. The van der Waals surface area contributed by atoms with E-state index in [0.29, 0.717) is 5.69 Å². The highest BCUT2D eigenvalue weighted by molar-refractivity contribution is 5.68. The molecular formula is C12H14N2O2. The van der Waals surface area contributed by atoms with Crippen LogP contribution in [0.5, 0.6) is 5.75 Å². The third kappa shape index (κ3) is 1.92. The van der Waals surface area contributed by atoms with Crippen LogP contribution in [0.4, 0.5) is 0 Å². The number of benzene rings is 1. The number of aromatic amines is 1. The van der Waals surface area contributed by atoms with Gasteiger partial charge >= 0.3 is 0 Å². The van der Waals surface area contributed by atoms with E-state index in [1.54, 1.807) is 7.11 Å². The standard InChI is InChI=1S/C12H14N2O2/c1-8-3-4-12(16-2)10(5-8)11-6-9(7-15)13-14-11/h3-6,15H,7H2,1-2H3,(H,13,14). The Balaban J connectivity index is 2.49. The van der Waals surface area contributed by atoms with Crippen molar-refractivity contribution in [2.45, 2.75) is 13.5 Å². The van der Waals surface area contributed by atoms with Crippen LogP contribution in [-0.2, 0) is 6.61 Å². The highest BCUT2D eigenvalue weighted by Gasteiger charge is 2.09. The van der Waals surface area contributed by atoms with Gasteiger partial charge in [-0.2, -0.15) is 5.10 Å². The minimum atomic E-state index is -0.0405. The molecule has 16 heavy (non-hydrogen) atoms. The minimum absolute atomic E-state index is 0.0405. The third-order valence-electron chi connectivity index (χ3n) is 2.43. The van der Waals surface area contributed by atoms with E-state index in [1.165, 1.54) is 0 Å². The maximum atomic E-state index is 8.98. The molecule has 2 rings (SSSR count). The van der Waals surface area contributed by atoms with Gasteiger partial charge in [-0.25, -0.2) is 0 Å². The molecule has 0 saturated carbocycles. The van der Waals surface area contributed by atoms with Gasteiger partial charge in [-0.1, -0.05) is 11.6 Å². The summed E-state index contributed by atoms with van der Waals surface area (Å²) in [4.78, 5) is 0. The fourth-order valence-corrected chi connectivity index (χ4v) is 1.60. The maximum absolute atomic E-state index is 8.98. The Morgan fingerprint density at radius 3 is 2.81 bits per heavy atom. The van der Waals surface area contributed by atoms with Crippen molar-refractivity contribution in [1.82, 2.24) is 10.2 Å². The van der Waals surface area contributed by atoms with Crippen LogP contribution in [0.1, 0.15) is 11.3 Å². The Hall–Kier alpha value is -1.81. The van der Waals surface area contributed by atoms with Gasteiger partial charge in [0.2, 0.25) is 0 Å². The lowest BCUT2D eigenvalue weighted by Crippen LogP contribution is -1.88. The summed E-state index contributed by atoms with van der Waals surface area (Å²) in [5.74, 6) is 0.779. The van der Waals surface area contributed by atoms with Crippen molar-refractivity contribution in [3.05, 3.63) is 35.5 Å². The van der Waals surface area contributed by atoms with Crippen molar-refractivity contribution in [3.8, 4) is 17.0 Å². The number of hydrogen-bond acceptors (Lipinski definition) is 3. The number of nitrogens with one attached hydrogen (secondary N) is 1. The average molecular weight is 218 g/mol. The molecule has 2 N–H and O–H groups in total. The molecule has 0 atom stereocenters. The summed E-state index contributed by atoms with van der Waals surface area (Å²) < 4.78 is 5.28. The molecule has 4 nitrogen and oxygen atoms in total. The Morgan fingerprint density at radius 1 is 1.38 bits per heavy atom. The van der Waals surface area contributed by atoms with Gasteiger partial charge in [-0.05, 0) is 25.1 Å². The fraction of sp³-hybridized carbons (Fsp3) is 0.250. The number of aliphatic hydroxyl groups excluding tert-OH is 1. The van der Waals surface area contributed by atoms with Gasteiger partial charge in [0, 0.05) is 5.56 Å². The number of aromatic nitrogens is 2. The molecule has 4 heteroatoms. The molecule has 0 radical (unpaired) electrons. The largest absolute Gasteiger partial charge is 0.496 e. The first-order valence-electron chi connectivity index (χ1n) is 5.04. The van der Waals surface area contributed by atoms with Gasteiger partial charge in [0.05, 0.1) is 25.1 Å². The average Bonchev–Trinajstić information content (AvgIpc) is 2.77. The van der Waals surface area contributed by atoms with Crippen LogP contribution >= 0.6 is 0 Å². The van der Waals surface area contributed by atoms with Crippen molar-refractivity contribution in [2.24, 2.45) is 0 Å². The van der Waals surface area contributed by atoms with Crippen molar-refractivity contribution >= 4 is 0 Å². The molecular weight excluding hydrogens is 204 g/mol. The fourth-order valence-electron chi connectivity index (χ4n) is 1.60. The second kappa shape index (κ2) is 4.37.